The van der Waals surface area contributed by atoms with Gasteiger partial charge in [0.05, 0.1) is 16.4 Å². The van der Waals surface area contributed by atoms with Crippen LogP contribution in [0, 0.1) is 0 Å². The Morgan fingerprint density at radius 2 is 2.05 bits per heavy atom. The summed E-state index contributed by atoms with van der Waals surface area (Å²) in [5, 5.41) is 8.03. The number of thiophene rings is 1. The molecule has 3 rings (SSSR count). The highest BCUT2D eigenvalue weighted by Gasteiger charge is 2.28. The van der Waals surface area contributed by atoms with Crippen LogP contribution in [0.4, 0.5) is 21.2 Å². The van der Waals surface area contributed by atoms with Gasteiger partial charge in [-0.2, -0.15) is 0 Å². The summed E-state index contributed by atoms with van der Waals surface area (Å²) in [5.41, 5.74) is 1.13. The molecule has 2 amide bonds. The number of amides is 2. The molecule has 1 saturated heterocycles. The van der Waals surface area contributed by atoms with Crippen LogP contribution in [0.15, 0.2) is 41.8 Å². The number of hydrogen-bond donors (Lipinski definition) is 2. The monoisotopic (exact) mass is 337 g/mol. The zero-order valence-corrected chi connectivity index (χ0v) is 13.3. The average molecular weight is 337 g/mol. The van der Waals surface area contributed by atoms with E-state index in [1.807, 2.05) is 11.4 Å². The Labute approximate surface area is 132 Å². The fourth-order valence-electron chi connectivity index (χ4n) is 2.29. The second-order valence-corrected chi connectivity index (χ2v) is 7.81. The van der Waals surface area contributed by atoms with Gasteiger partial charge in [0.25, 0.3) is 0 Å². The first-order valence-electron chi connectivity index (χ1n) is 6.77. The number of carbonyl (C=O) groups is 1. The van der Waals surface area contributed by atoms with E-state index in [4.69, 9.17) is 0 Å². The van der Waals surface area contributed by atoms with Gasteiger partial charge in [0.2, 0.25) is 10.0 Å². The molecular formula is C14H15N3O3S2. The Hall–Kier alpha value is -2.06. The lowest BCUT2D eigenvalue weighted by molar-refractivity contribution is 0.262. The molecule has 0 radical (unpaired) electrons. The standard InChI is InChI=1S/C14H15N3O3S2/c18-14(16-13-6-2-8-21-13)15-11-4-1-5-12(10-11)17-7-3-9-22(17,19)20/h1-2,4-6,8,10H,3,7,9H2,(H2,15,16,18). The molecule has 0 spiro atoms. The summed E-state index contributed by atoms with van der Waals surface area (Å²) >= 11 is 1.43. The molecule has 116 valence electrons. The summed E-state index contributed by atoms with van der Waals surface area (Å²) in [7, 11) is -3.22. The van der Waals surface area contributed by atoms with Gasteiger partial charge in [0.15, 0.2) is 0 Å². The minimum absolute atomic E-state index is 0.170. The molecule has 0 aliphatic carbocycles. The lowest BCUT2D eigenvalue weighted by atomic mass is 10.2. The van der Waals surface area contributed by atoms with Gasteiger partial charge < -0.3 is 5.32 Å². The highest BCUT2D eigenvalue weighted by atomic mass is 32.2. The number of nitrogens with zero attached hydrogens (tertiary/aromatic N) is 1. The number of benzene rings is 1. The van der Waals surface area contributed by atoms with Crippen molar-refractivity contribution in [3.8, 4) is 0 Å². The summed E-state index contributed by atoms with van der Waals surface area (Å²) in [4.78, 5) is 11.9. The van der Waals surface area contributed by atoms with Crippen LogP contribution in [0.1, 0.15) is 6.42 Å². The number of sulfonamides is 1. The normalized spacial score (nSPS) is 16.5. The van der Waals surface area contributed by atoms with Crippen molar-refractivity contribution < 1.29 is 13.2 Å². The van der Waals surface area contributed by atoms with Crippen molar-refractivity contribution in [3.05, 3.63) is 41.8 Å². The van der Waals surface area contributed by atoms with Crippen molar-refractivity contribution in [1.29, 1.82) is 0 Å². The first-order valence-corrected chi connectivity index (χ1v) is 9.25. The summed E-state index contributed by atoms with van der Waals surface area (Å²) in [5.74, 6) is 0.170. The quantitative estimate of drug-likeness (QED) is 0.904. The van der Waals surface area contributed by atoms with Crippen LogP contribution in [0.25, 0.3) is 0 Å². The van der Waals surface area contributed by atoms with Crippen LogP contribution in [-0.4, -0.2) is 26.7 Å². The molecule has 1 aliphatic heterocycles. The Bertz CT molecular complexity index is 772. The third-order valence-corrected chi connectivity index (χ3v) is 5.90. The van der Waals surface area contributed by atoms with Crippen LogP contribution in [-0.2, 0) is 10.0 Å². The third kappa shape index (κ3) is 3.23. The molecule has 2 N–H and O–H groups in total. The van der Waals surface area contributed by atoms with Gasteiger partial charge in [-0.05, 0) is 42.1 Å². The Morgan fingerprint density at radius 3 is 2.73 bits per heavy atom. The van der Waals surface area contributed by atoms with E-state index < -0.39 is 10.0 Å². The van der Waals surface area contributed by atoms with Crippen molar-refractivity contribution in [2.75, 3.05) is 27.2 Å². The van der Waals surface area contributed by atoms with Crippen molar-refractivity contribution in [1.82, 2.24) is 0 Å². The smallest absolute Gasteiger partial charge is 0.308 e. The summed E-state index contributed by atoms with van der Waals surface area (Å²) in [6.07, 6.45) is 0.624. The van der Waals surface area contributed by atoms with Crippen molar-refractivity contribution in [2.45, 2.75) is 6.42 Å². The zero-order valence-electron chi connectivity index (χ0n) is 11.7. The molecule has 1 aliphatic rings. The highest BCUT2D eigenvalue weighted by Crippen LogP contribution is 2.26. The second-order valence-electron chi connectivity index (χ2n) is 4.85. The molecule has 0 bridgehead atoms. The minimum atomic E-state index is -3.22. The van der Waals surface area contributed by atoms with Gasteiger partial charge in [0, 0.05) is 12.2 Å². The molecule has 6 nitrogen and oxygen atoms in total. The molecule has 1 fully saturated rings. The average Bonchev–Trinajstić information content (AvgIpc) is 3.08. The van der Waals surface area contributed by atoms with Crippen LogP contribution in [0.5, 0.6) is 0 Å². The highest BCUT2D eigenvalue weighted by molar-refractivity contribution is 7.93. The zero-order chi connectivity index (χ0) is 15.6. The number of rotatable bonds is 3. The molecule has 2 heterocycles. The van der Waals surface area contributed by atoms with Crippen molar-refractivity contribution >= 4 is 43.8 Å². The van der Waals surface area contributed by atoms with Crippen molar-refractivity contribution in [3.63, 3.8) is 0 Å². The molecule has 2 aromatic rings. The predicted molar refractivity (Wildman–Crippen MR) is 89.2 cm³/mol. The summed E-state index contributed by atoms with van der Waals surface area (Å²) in [6, 6.07) is 10.1. The Balaban J connectivity index is 1.73. The maximum Gasteiger partial charge on any atom is 0.324 e. The Morgan fingerprint density at radius 1 is 1.18 bits per heavy atom. The predicted octanol–water partition coefficient (Wildman–Crippen LogP) is 2.93. The molecule has 1 aromatic heterocycles. The number of carbonyl (C=O) groups excluding carboxylic acids is 1. The molecule has 8 heteroatoms. The van der Waals surface area contributed by atoms with E-state index >= 15 is 0 Å². The lowest BCUT2D eigenvalue weighted by Gasteiger charge is -2.17. The topological polar surface area (TPSA) is 78.5 Å². The van der Waals surface area contributed by atoms with Gasteiger partial charge in [0.1, 0.15) is 0 Å². The molecule has 1 aromatic carbocycles. The molecule has 0 unspecified atom stereocenters. The molecule has 0 atom stereocenters. The van der Waals surface area contributed by atoms with Gasteiger partial charge >= 0.3 is 6.03 Å². The van der Waals surface area contributed by atoms with Gasteiger partial charge in [-0.15, -0.1) is 11.3 Å². The maximum atomic E-state index is 11.9. The van der Waals surface area contributed by atoms with Gasteiger partial charge in [-0.1, -0.05) is 6.07 Å². The third-order valence-electron chi connectivity index (χ3n) is 3.25. The maximum absolute atomic E-state index is 11.9. The molecular weight excluding hydrogens is 322 g/mol. The van der Waals surface area contributed by atoms with Crippen LogP contribution < -0.4 is 14.9 Å². The number of hydrogen-bond acceptors (Lipinski definition) is 4. The van der Waals surface area contributed by atoms with Crippen LogP contribution in [0.3, 0.4) is 0 Å². The van der Waals surface area contributed by atoms with E-state index in [9.17, 15) is 13.2 Å². The fourth-order valence-corrected chi connectivity index (χ4v) is 4.46. The second kappa shape index (κ2) is 5.98. The van der Waals surface area contributed by atoms with E-state index in [0.717, 1.165) is 5.00 Å². The van der Waals surface area contributed by atoms with E-state index in [1.54, 1.807) is 30.3 Å². The lowest BCUT2D eigenvalue weighted by Crippen LogP contribution is -2.25. The van der Waals surface area contributed by atoms with Gasteiger partial charge in [-0.25, -0.2) is 13.2 Å². The molecule has 22 heavy (non-hydrogen) atoms. The van der Waals surface area contributed by atoms with E-state index in [1.165, 1.54) is 15.6 Å². The number of urea groups is 1. The summed E-state index contributed by atoms with van der Waals surface area (Å²) in [6.45, 7) is 0.479. The van der Waals surface area contributed by atoms with Crippen molar-refractivity contribution in [2.24, 2.45) is 0 Å². The largest absolute Gasteiger partial charge is 0.324 e. The van der Waals surface area contributed by atoms with Crippen LogP contribution in [0.2, 0.25) is 0 Å². The number of nitrogens with one attached hydrogen (secondary N) is 2. The minimum Gasteiger partial charge on any atom is -0.308 e. The van der Waals surface area contributed by atoms with Crippen LogP contribution >= 0.6 is 11.3 Å². The van der Waals surface area contributed by atoms with Gasteiger partial charge in [-0.3, -0.25) is 9.62 Å². The SMILES string of the molecule is O=C(Nc1cccc(N2CCCS2(=O)=O)c1)Nc1cccs1. The summed E-state index contributed by atoms with van der Waals surface area (Å²) < 4.78 is 25.3. The Kier molecular flexibility index (Phi) is 4.04. The first kappa shape index (κ1) is 14.9. The number of anilines is 3. The first-order chi connectivity index (χ1) is 10.5. The van der Waals surface area contributed by atoms with E-state index in [2.05, 4.69) is 10.6 Å². The molecule has 0 saturated carbocycles. The van der Waals surface area contributed by atoms with E-state index in [-0.39, 0.29) is 11.8 Å². The van der Waals surface area contributed by atoms with E-state index in [0.29, 0.717) is 24.3 Å². The fraction of sp³-hybridized carbons (Fsp3) is 0.214.